The molecule has 2 aliphatic heterocycles. The second-order valence-corrected chi connectivity index (χ2v) is 10.3. The predicted octanol–water partition coefficient (Wildman–Crippen LogP) is 2.03. The van der Waals surface area contributed by atoms with Crippen LogP contribution in [-0.4, -0.2) is 72.1 Å². The molecule has 2 heterocycles. The van der Waals surface area contributed by atoms with E-state index in [1.807, 2.05) is 19.9 Å². The topological polar surface area (TPSA) is 131 Å². The molecule has 0 aromatic carbocycles. The van der Waals surface area contributed by atoms with Gasteiger partial charge in [0, 0.05) is 25.4 Å². The molecular weight excluding hydrogens is 524 g/mol. The first-order valence-corrected chi connectivity index (χ1v) is 11.7. The van der Waals surface area contributed by atoms with Crippen LogP contribution in [0.1, 0.15) is 47.0 Å². The van der Waals surface area contributed by atoms with E-state index in [9.17, 15) is 50.8 Å². The van der Waals surface area contributed by atoms with E-state index in [1.54, 1.807) is 0 Å². The normalized spacial score (nSPS) is 27.2. The van der Waals surface area contributed by atoms with Crippen LogP contribution in [0.5, 0.6) is 0 Å². The number of likely N-dealkylation sites (tertiary alicyclic amines) is 1. The van der Waals surface area contributed by atoms with E-state index in [-0.39, 0.29) is 32.2 Å². The van der Waals surface area contributed by atoms with Gasteiger partial charge in [-0.05, 0) is 36.5 Å². The van der Waals surface area contributed by atoms with E-state index < -0.39 is 78.3 Å². The molecule has 0 bridgehead atoms. The number of alkyl halides is 6. The van der Waals surface area contributed by atoms with E-state index in [4.69, 9.17) is 0 Å². The fourth-order valence-electron chi connectivity index (χ4n) is 5.37. The van der Waals surface area contributed by atoms with Crippen molar-refractivity contribution < 1.29 is 45.5 Å². The van der Waals surface area contributed by atoms with Crippen molar-refractivity contribution in [3.05, 3.63) is 0 Å². The Morgan fingerprint density at radius 2 is 1.82 bits per heavy atom. The Kier molecular flexibility index (Phi) is 9.00. The van der Waals surface area contributed by atoms with Gasteiger partial charge in [-0.2, -0.15) is 31.6 Å². The minimum Gasteiger partial charge on any atom is -0.356 e. The molecule has 214 valence electrons. The van der Waals surface area contributed by atoms with E-state index >= 15 is 0 Å². The van der Waals surface area contributed by atoms with Crippen molar-refractivity contribution >= 4 is 23.6 Å². The number of nitrogens with one attached hydrogen (secondary N) is 3. The number of hydrogen-bond acceptors (Lipinski definition) is 5. The lowest BCUT2D eigenvalue weighted by Gasteiger charge is -2.33. The van der Waals surface area contributed by atoms with E-state index in [1.165, 1.54) is 5.32 Å². The molecule has 2 saturated heterocycles. The van der Waals surface area contributed by atoms with Gasteiger partial charge in [-0.1, -0.05) is 21.3 Å². The predicted molar refractivity (Wildman–Crippen MR) is 120 cm³/mol. The summed E-state index contributed by atoms with van der Waals surface area (Å²) in [6, 6.07) is -2.66. The number of carbonyl (C=O) groups excluding carboxylic acids is 4. The quantitative estimate of drug-likeness (QED) is 0.395. The summed E-state index contributed by atoms with van der Waals surface area (Å²) >= 11 is 0. The molecular formula is C23H31F6N5O4. The molecule has 0 radical (unpaired) electrons. The van der Waals surface area contributed by atoms with Gasteiger partial charge in [0.2, 0.25) is 17.7 Å². The van der Waals surface area contributed by atoms with Gasteiger partial charge >= 0.3 is 18.3 Å². The average molecular weight is 556 g/mol. The number of amides is 4. The van der Waals surface area contributed by atoms with Crippen LogP contribution in [0.15, 0.2) is 0 Å². The van der Waals surface area contributed by atoms with Crippen LogP contribution in [0.3, 0.4) is 0 Å². The third kappa shape index (κ3) is 6.68. The summed E-state index contributed by atoms with van der Waals surface area (Å²) < 4.78 is 76.8. The Morgan fingerprint density at radius 1 is 1.18 bits per heavy atom. The molecule has 3 aliphatic rings. The zero-order chi connectivity index (χ0) is 27.9. The van der Waals surface area contributed by atoms with Gasteiger partial charge in [0.1, 0.15) is 18.1 Å². The van der Waals surface area contributed by atoms with Gasteiger partial charge in [0.05, 0.1) is 6.07 Å². The average Bonchev–Trinajstić information content (AvgIpc) is 3.14. The fraction of sp³-hybridized carbons (Fsp3) is 0.783. The van der Waals surface area contributed by atoms with Crippen molar-refractivity contribution in [3.8, 4) is 6.07 Å². The van der Waals surface area contributed by atoms with Crippen molar-refractivity contribution in [3.63, 3.8) is 0 Å². The summed E-state index contributed by atoms with van der Waals surface area (Å²) in [5.74, 6) is -6.11. The minimum absolute atomic E-state index is 0. The molecule has 1 saturated carbocycles. The number of rotatable bonds is 8. The Bertz CT molecular complexity index is 992. The van der Waals surface area contributed by atoms with Gasteiger partial charge in [-0.25, -0.2) is 0 Å². The molecule has 38 heavy (non-hydrogen) atoms. The van der Waals surface area contributed by atoms with Crippen LogP contribution < -0.4 is 16.0 Å². The van der Waals surface area contributed by atoms with Gasteiger partial charge in [0.15, 0.2) is 0 Å². The summed E-state index contributed by atoms with van der Waals surface area (Å²) in [6.07, 6.45) is -12.6. The molecule has 3 rings (SSSR count). The molecule has 3 fully saturated rings. The van der Waals surface area contributed by atoms with Crippen molar-refractivity contribution in [2.45, 2.75) is 77.4 Å². The highest BCUT2D eigenvalue weighted by Gasteiger charge is 2.69. The van der Waals surface area contributed by atoms with Crippen LogP contribution in [0.4, 0.5) is 26.3 Å². The van der Waals surface area contributed by atoms with Crippen molar-refractivity contribution in [2.75, 3.05) is 13.1 Å². The van der Waals surface area contributed by atoms with Crippen LogP contribution in [0.25, 0.3) is 0 Å². The Morgan fingerprint density at radius 3 is 2.32 bits per heavy atom. The molecule has 0 aromatic rings. The maximum atomic E-state index is 13.2. The summed E-state index contributed by atoms with van der Waals surface area (Å²) in [6.45, 7) is 3.92. The monoisotopic (exact) mass is 555 g/mol. The van der Waals surface area contributed by atoms with Crippen molar-refractivity contribution in [1.82, 2.24) is 20.9 Å². The van der Waals surface area contributed by atoms with Gasteiger partial charge < -0.3 is 20.9 Å². The summed E-state index contributed by atoms with van der Waals surface area (Å²) in [5, 5.41) is 15.9. The molecule has 6 atom stereocenters. The van der Waals surface area contributed by atoms with Crippen LogP contribution in [0.2, 0.25) is 0 Å². The zero-order valence-electron chi connectivity index (χ0n) is 20.0. The molecule has 0 aromatic heterocycles. The molecule has 15 heteroatoms. The minimum atomic E-state index is -5.44. The summed E-state index contributed by atoms with van der Waals surface area (Å²) in [7, 11) is 0. The third-order valence-electron chi connectivity index (χ3n) is 7.49. The maximum absolute atomic E-state index is 13.2. The highest BCUT2D eigenvalue weighted by molar-refractivity contribution is 5.94. The first-order chi connectivity index (χ1) is 17.0. The van der Waals surface area contributed by atoms with Crippen LogP contribution in [0, 0.1) is 34.5 Å². The number of piperidine rings is 1. The molecule has 0 spiro atoms. The Balaban J connectivity index is 0.00000507. The fourth-order valence-corrected chi connectivity index (χ4v) is 5.37. The number of halogens is 6. The number of nitrogens with zero attached hydrogens (tertiary/aromatic N) is 2. The zero-order valence-corrected chi connectivity index (χ0v) is 20.0. The molecule has 3 N–H and O–H groups in total. The number of nitriles is 1. The van der Waals surface area contributed by atoms with Gasteiger partial charge in [0.25, 0.3) is 0 Å². The number of fused-ring (bicyclic) bond motifs is 1. The summed E-state index contributed by atoms with van der Waals surface area (Å²) in [5.41, 5.74) is -0.442. The lowest BCUT2D eigenvalue weighted by molar-refractivity contribution is -0.176. The Labute approximate surface area is 215 Å². The first kappa shape index (κ1) is 31.2. The van der Waals surface area contributed by atoms with Gasteiger partial charge in [-0.3, -0.25) is 19.2 Å². The Hall–Kier alpha value is -3.05. The van der Waals surface area contributed by atoms with E-state index in [0.29, 0.717) is 13.0 Å². The standard InChI is InChI=1S/C22H27F6N5O4.CH4/c1-20(2)12-9-33(18(36)13(3-5-21(23,24)25)32-19(37)22(26,27)28)15(14(12)20)17(35)31-11(8-29)7-10-4-6-30-16(10)34;/h10-15H,3-7,9H2,1-2H3,(H,30,34)(H,31,35)(H,32,37);1H4/t10-,11-,12-,13?,14-,15-;/m0./s1. The lowest BCUT2D eigenvalue weighted by atomic mass is 9.97. The molecule has 4 amide bonds. The SMILES string of the molecule is C.CC1(C)[C@@H]2[C@@H](C(=O)N[C@H](C#N)C[C@@H]3CCNC3=O)N(C(=O)C(CCC(F)(F)F)NC(=O)C(F)(F)F)C[C@@H]21. The van der Waals surface area contributed by atoms with E-state index in [2.05, 4.69) is 10.6 Å². The number of carbonyl (C=O) groups is 4. The van der Waals surface area contributed by atoms with E-state index in [0.717, 1.165) is 4.90 Å². The third-order valence-corrected chi connectivity index (χ3v) is 7.49. The van der Waals surface area contributed by atoms with Crippen molar-refractivity contribution in [1.29, 1.82) is 5.26 Å². The summed E-state index contributed by atoms with van der Waals surface area (Å²) in [4.78, 5) is 50.6. The highest BCUT2D eigenvalue weighted by atomic mass is 19.4. The van der Waals surface area contributed by atoms with Crippen LogP contribution in [-0.2, 0) is 19.2 Å². The largest absolute Gasteiger partial charge is 0.471 e. The highest BCUT2D eigenvalue weighted by Crippen LogP contribution is 2.65. The maximum Gasteiger partial charge on any atom is 0.471 e. The second kappa shape index (κ2) is 11.0. The molecule has 1 unspecified atom stereocenters. The smallest absolute Gasteiger partial charge is 0.356 e. The second-order valence-electron chi connectivity index (χ2n) is 10.3. The van der Waals surface area contributed by atoms with Crippen molar-refractivity contribution in [2.24, 2.45) is 23.2 Å². The van der Waals surface area contributed by atoms with Gasteiger partial charge in [-0.15, -0.1) is 0 Å². The molecule has 9 nitrogen and oxygen atoms in total. The lowest BCUT2D eigenvalue weighted by Crippen LogP contribution is -2.58. The molecule has 1 aliphatic carbocycles. The van der Waals surface area contributed by atoms with Crippen LogP contribution >= 0.6 is 0 Å². The first-order valence-electron chi connectivity index (χ1n) is 11.7. The number of hydrogen-bond donors (Lipinski definition) is 3.